The van der Waals surface area contributed by atoms with E-state index in [1.54, 1.807) is 44.2 Å². The second kappa shape index (κ2) is 8.51. The van der Waals surface area contributed by atoms with E-state index < -0.39 is 29.0 Å². The van der Waals surface area contributed by atoms with Gasteiger partial charge in [0.2, 0.25) is 0 Å². The molecular formula is C24H18F3N5O2. The molecule has 10 heteroatoms. The average molecular weight is 465 g/mol. The predicted molar refractivity (Wildman–Crippen MR) is 119 cm³/mol. The van der Waals surface area contributed by atoms with Gasteiger partial charge in [-0.2, -0.15) is 23.5 Å². The van der Waals surface area contributed by atoms with Gasteiger partial charge in [-0.25, -0.2) is 9.48 Å². The van der Waals surface area contributed by atoms with Crippen molar-refractivity contribution in [1.82, 2.24) is 18.9 Å². The van der Waals surface area contributed by atoms with E-state index >= 15 is 0 Å². The normalized spacial score (nSPS) is 11.6. The Labute approximate surface area is 191 Å². The molecule has 0 spiro atoms. The Morgan fingerprint density at radius 1 is 1.00 bits per heavy atom. The largest absolute Gasteiger partial charge is 0.416 e. The van der Waals surface area contributed by atoms with Crippen LogP contribution in [0.1, 0.15) is 31.0 Å². The summed E-state index contributed by atoms with van der Waals surface area (Å²) in [5.74, 6) is 0. The van der Waals surface area contributed by atoms with Gasteiger partial charge in [-0.1, -0.05) is 6.07 Å². The standard InChI is InChI=1S/C24H18F3N5O2/c1-15(2)31-22(33)20(21-10-11-29-32(21)18-8-6-16(13-28)7-9-18)14-30(23(31)34)19-5-3-4-17(12-19)24(25,26)27/h3-12,14-15H,1-2H3. The van der Waals surface area contributed by atoms with Crippen LogP contribution in [0.5, 0.6) is 0 Å². The first kappa shape index (κ1) is 22.8. The number of hydrogen-bond acceptors (Lipinski definition) is 4. The fourth-order valence-corrected chi connectivity index (χ4v) is 3.61. The number of aromatic nitrogens is 4. The number of benzene rings is 2. The molecule has 2 heterocycles. The van der Waals surface area contributed by atoms with Crippen LogP contribution in [0.2, 0.25) is 0 Å². The maximum atomic E-state index is 13.3. The van der Waals surface area contributed by atoms with E-state index in [2.05, 4.69) is 5.10 Å². The lowest BCUT2D eigenvalue weighted by molar-refractivity contribution is -0.137. The third-order valence-electron chi connectivity index (χ3n) is 5.25. The van der Waals surface area contributed by atoms with Crippen LogP contribution in [-0.4, -0.2) is 18.9 Å². The maximum Gasteiger partial charge on any atom is 0.416 e. The van der Waals surface area contributed by atoms with E-state index in [0.29, 0.717) is 16.9 Å². The van der Waals surface area contributed by atoms with Gasteiger partial charge in [-0.3, -0.25) is 13.9 Å². The Bertz CT molecular complexity index is 1520. The molecule has 0 aliphatic heterocycles. The molecule has 0 saturated carbocycles. The molecule has 7 nitrogen and oxygen atoms in total. The fourth-order valence-electron chi connectivity index (χ4n) is 3.61. The number of nitrogens with zero attached hydrogens (tertiary/aromatic N) is 5. The first-order chi connectivity index (χ1) is 16.1. The van der Waals surface area contributed by atoms with Gasteiger partial charge in [-0.05, 0) is 62.4 Å². The molecule has 0 aliphatic rings. The van der Waals surface area contributed by atoms with Gasteiger partial charge in [0.15, 0.2) is 0 Å². The molecule has 0 amide bonds. The SMILES string of the molecule is CC(C)n1c(=O)c(-c2ccnn2-c2ccc(C#N)cc2)cn(-c2cccc(C(F)(F)F)c2)c1=O. The third-order valence-corrected chi connectivity index (χ3v) is 5.25. The Balaban J connectivity index is 1.97. The fraction of sp³-hybridized carbons (Fsp3) is 0.167. The average Bonchev–Trinajstić information content (AvgIpc) is 3.28. The molecule has 0 saturated heterocycles. The van der Waals surface area contributed by atoms with Crippen molar-refractivity contribution in [3.05, 3.63) is 99.0 Å². The highest BCUT2D eigenvalue weighted by atomic mass is 19.4. The third kappa shape index (κ3) is 4.03. The number of halogens is 3. The van der Waals surface area contributed by atoms with Crippen LogP contribution in [0.3, 0.4) is 0 Å². The summed E-state index contributed by atoms with van der Waals surface area (Å²) >= 11 is 0. The summed E-state index contributed by atoms with van der Waals surface area (Å²) in [5.41, 5.74) is -0.879. The van der Waals surface area contributed by atoms with Crippen molar-refractivity contribution in [1.29, 1.82) is 5.26 Å². The van der Waals surface area contributed by atoms with Crippen molar-refractivity contribution < 1.29 is 13.2 Å². The van der Waals surface area contributed by atoms with Crippen LogP contribution in [-0.2, 0) is 6.18 Å². The minimum absolute atomic E-state index is 0.0279. The smallest absolute Gasteiger partial charge is 0.268 e. The van der Waals surface area contributed by atoms with Gasteiger partial charge >= 0.3 is 11.9 Å². The lowest BCUT2D eigenvalue weighted by atomic mass is 10.1. The van der Waals surface area contributed by atoms with E-state index in [-0.39, 0.29) is 11.3 Å². The van der Waals surface area contributed by atoms with Crippen LogP contribution in [0.15, 0.2) is 76.6 Å². The molecule has 0 bridgehead atoms. The topological polar surface area (TPSA) is 85.6 Å². The van der Waals surface area contributed by atoms with E-state index in [1.807, 2.05) is 6.07 Å². The summed E-state index contributed by atoms with van der Waals surface area (Å²) in [7, 11) is 0. The van der Waals surface area contributed by atoms with Gasteiger partial charge in [-0.15, -0.1) is 0 Å². The molecule has 0 radical (unpaired) electrons. The molecule has 4 rings (SSSR count). The van der Waals surface area contributed by atoms with E-state index in [0.717, 1.165) is 21.3 Å². The van der Waals surface area contributed by atoms with Crippen LogP contribution < -0.4 is 11.2 Å². The molecule has 0 atom stereocenters. The molecule has 0 unspecified atom stereocenters. The Hall–Kier alpha value is -4.39. The number of hydrogen-bond donors (Lipinski definition) is 0. The lowest BCUT2D eigenvalue weighted by Crippen LogP contribution is -2.41. The summed E-state index contributed by atoms with van der Waals surface area (Å²) in [6.45, 7) is 3.28. The van der Waals surface area contributed by atoms with Crippen molar-refractivity contribution >= 4 is 0 Å². The molecule has 0 aliphatic carbocycles. The lowest BCUT2D eigenvalue weighted by Gasteiger charge is -2.17. The zero-order valence-corrected chi connectivity index (χ0v) is 18.1. The van der Waals surface area contributed by atoms with Crippen LogP contribution in [0.4, 0.5) is 13.2 Å². The molecule has 34 heavy (non-hydrogen) atoms. The second-order valence-corrected chi connectivity index (χ2v) is 7.80. The number of alkyl halides is 3. The second-order valence-electron chi connectivity index (χ2n) is 7.80. The molecule has 0 fully saturated rings. The van der Waals surface area contributed by atoms with Crippen molar-refractivity contribution in [2.24, 2.45) is 0 Å². The van der Waals surface area contributed by atoms with Crippen LogP contribution in [0.25, 0.3) is 22.6 Å². The molecule has 2 aromatic carbocycles. The van der Waals surface area contributed by atoms with Gasteiger partial charge in [0.1, 0.15) is 0 Å². The van der Waals surface area contributed by atoms with Gasteiger partial charge in [0.05, 0.1) is 46.0 Å². The van der Waals surface area contributed by atoms with Gasteiger partial charge in [0.25, 0.3) is 5.56 Å². The van der Waals surface area contributed by atoms with E-state index in [9.17, 15) is 22.8 Å². The quantitative estimate of drug-likeness (QED) is 0.449. The summed E-state index contributed by atoms with van der Waals surface area (Å²) in [6.07, 6.45) is -1.90. The summed E-state index contributed by atoms with van der Waals surface area (Å²) < 4.78 is 43.3. The van der Waals surface area contributed by atoms with Crippen molar-refractivity contribution in [2.75, 3.05) is 0 Å². The van der Waals surface area contributed by atoms with Gasteiger partial charge in [0, 0.05) is 12.2 Å². The highest BCUT2D eigenvalue weighted by molar-refractivity contribution is 5.61. The highest BCUT2D eigenvalue weighted by Gasteiger charge is 2.31. The maximum absolute atomic E-state index is 13.3. The minimum Gasteiger partial charge on any atom is -0.268 e. The van der Waals surface area contributed by atoms with Crippen LogP contribution in [0, 0.1) is 11.3 Å². The summed E-state index contributed by atoms with van der Waals surface area (Å²) in [4.78, 5) is 26.4. The van der Waals surface area contributed by atoms with Crippen molar-refractivity contribution in [3.63, 3.8) is 0 Å². The zero-order chi connectivity index (χ0) is 24.6. The molecule has 0 N–H and O–H groups in total. The van der Waals surface area contributed by atoms with E-state index in [1.165, 1.54) is 29.2 Å². The Kier molecular flexibility index (Phi) is 5.71. The Morgan fingerprint density at radius 2 is 1.71 bits per heavy atom. The first-order valence-electron chi connectivity index (χ1n) is 10.2. The molecular weight excluding hydrogens is 447 g/mol. The zero-order valence-electron chi connectivity index (χ0n) is 18.1. The highest BCUT2D eigenvalue weighted by Crippen LogP contribution is 2.30. The monoisotopic (exact) mass is 465 g/mol. The summed E-state index contributed by atoms with van der Waals surface area (Å²) in [6, 6.07) is 13.9. The molecule has 4 aromatic rings. The molecule has 172 valence electrons. The van der Waals surface area contributed by atoms with E-state index in [4.69, 9.17) is 5.26 Å². The minimum atomic E-state index is -4.59. The van der Waals surface area contributed by atoms with Crippen molar-refractivity contribution in [2.45, 2.75) is 26.1 Å². The van der Waals surface area contributed by atoms with Gasteiger partial charge < -0.3 is 0 Å². The van der Waals surface area contributed by atoms with Crippen molar-refractivity contribution in [3.8, 4) is 28.7 Å². The number of nitriles is 1. The number of rotatable bonds is 4. The first-order valence-corrected chi connectivity index (χ1v) is 10.2. The molecule has 2 aromatic heterocycles. The summed E-state index contributed by atoms with van der Waals surface area (Å²) in [5, 5.41) is 13.3. The van der Waals surface area contributed by atoms with Crippen LogP contribution >= 0.6 is 0 Å². The Morgan fingerprint density at radius 3 is 2.32 bits per heavy atom. The predicted octanol–water partition coefficient (Wildman–Crippen LogP) is 4.32.